The molecule has 2 fully saturated rings. The third-order valence-corrected chi connectivity index (χ3v) is 4.45. The molecule has 0 bridgehead atoms. The molecule has 0 spiro atoms. The number of rotatable bonds is 2. The van der Waals surface area contributed by atoms with E-state index >= 15 is 0 Å². The van der Waals surface area contributed by atoms with Gasteiger partial charge >= 0.3 is 0 Å². The van der Waals surface area contributed by atoms with Crippen molar-refractivity contribution in [2.75, 3.05) is 36.0 Å². The van der Waals surface area contributed by atoms with Gasteiger partial charge in [-0.05, 0) is 44.9 Å². The van der Waals surface area contributed by atoms with Crippen LogP contribution in [0.5, 0.6) is 0 Å². The Labute approximate surface area is 122 Å². The Balaban J connectivity index is 1.82. The van der Waals surface area contributed by atoms with E-state index in [0.717, 1.165) is 49.6 Å². The molecule has 110 valence electrons. The first-order valence-electron chi connectivity index (χ1n) is 8.08. The van der Waals surface area contributed by atoms with Gasteiger partial charge in [0.05, 0.1) is 0 Å². The van der Waals surface area contributed by atoms with Crippen molar-refractivity contribution in [2.24, 2.45) is 5.92 Å². The van der Waals surface area contributed by atoms with Gasteiger partial charge in [0.25, 0.3) is 0 Å². The summed E-state index contributed by atoms with van der Waals surface area (Å²) >= 11 is 0. The quantitative estimate of drug-likeness (QED) is 0.830. The molecule has 0 radical (unpaired) electrons. The van der Waals surface area contributed by atoms with Gasteiger partial charge in [0.1, 0.15) is 5.82 Å². The van der Waals surface area contributed by atoms with Crippen LogP contribution in [0.4, 0.5) is 11.8 Å². The second-order valence-corrected chi connectivity index (χ2v) is 6.41. The molecule has 4 nitrogen and oxygen atoms in total. The highest BCUT2D eigenvalue weighted by Gasteiger charge is 2.20. The predicted molar refractivity (Wildman–Crippen MR) is 83.4 cm³/mol. The van der Waals surface area contributed by atoms with Crippen LogP contribution in [0.1, 0.15) is 44.7 Å². The average molecular weight is 274 g/mol. The zero-order valence-corrected chi connectivity index (χ0v) is 12.8. The molecular formula is C16H26N4. The molecule has 3 rings (SSSR count). The van der Waals surface area contributed by atoms with Gasteiger partial charge in [0, 0.05) is 37.9 Å². The highest BCUT2D eigenvalue weighted by Crippen LogP contribution is 2.24. The van der Waals surface area contributed by atoms with Gasteiger partial charge < -0.3 is 9.80 Å². The largest absolute Gasteiger partial charge is 0.356 e. The maximum absolute atomic E-state index is 4.86. The average Bonchev–Trinajstić information content (AvgIpc) is 2.47. The molecule has 3 heterocycles. The maximum atomic E-state index is 4.86. The molecule has 1 aromatic rings. The molecule has 2 aliphatic heterocycles. The van der Waals surface area contributed by atoms with E-state index in [-0.39, 0.29) is 0 Å². The zero-order valence-electron chi connectivity index (χ0n) is 12.8. The lowest BCUT2D eigenvalue weighted by molar-refractivity contribution is 0.444. The van der Waals surface area contributed by atoms with Crippen molar-refractivity contribution in [3.05, 3.63) is 11.8 Å². The highest BCUT2D eigenvalue weighted by molar-refractivity contribution is 5.46. The lowest BCUT2D eigenvalue weighted by Gasteiger charge is -2.33. The summed E-state index contributed by atoms with van der Waals surface area (Å²) in [4.78, 5) is 14.3. The van der Waals surface area contributed by atoms with Crippen molar-refractivity contribution in [3.63, 3.8) is 0 Å². The molecule has 0 N–H and O–H groups in total. The van der Waals surface area contributed by atoms with Gasteiger partial charge in [-0.3, -0.25) is 0 Å². The zero-order chi connectivity index (χ0) is 13.9. The molecule has 4 heteroatoms. The molecule has 20 heavy (non-hydrogen) atoms. The Kier molecular flexibility index (Phi) is 4.08. The second-order valence-electron chi connectivity index (χ2n) is 6.41. The molecule has 1 aromatic heterocycles. The van der Waals surface area contributed by atoms with Crippen LogP contribution in [-0.4, -0.2) is 36.1 Å². The molecule has 0 saturated carbocycles. The maximum Gasteiger partial charge on any atom is 0.227 e. The summed E-state index contributed by atoms with van der Waals surface area (Å²) in [6.45, 7) is 8.92. The van der Waals surface area contributed by atoms with E-state index < -0.39 is 0 Å². The SMILES string of the molecule is Cc1cc(N2CCCC(C)C2)nc(N2CCCCC2)n1. The summed E-state index contributed by atoms with van der Waals surface area (Å²) in [7, 11) is 0. The molecule has 0 amide bonds. The highest BCUT2D eigenvalue weighted by atomic mass is 15.3. The molecule has 1 atom stereocenters. The third kappa shape index (κ3) is 3.05. The van der Waals surface area contributed by atoms with Crippen LogP contribution in [0.3, 0.4) is 0 Å². The Morgan fingerprint density at radius 2 is 1.75 bits per heavy atom. The fraction of sp³-hybridized carbons (Fsp3) is 0.750. The Morgan fingerprint density at radius 1 is 1.00 bits per heavy atom. The lowest BCUT2D eigenvalue weighted by atomic mass is 10.0. The number of piperidine rings is 2. The van der Waals surface area contributed by atoms with Gasteiger partial charge in [-0.15, -0.1) is 0 Å². The van der Waals surface area contributed by atoms with Crippen LogP contribution in [0.2, 0.25) is 0 Å². The number of hydrogen-bond acceptors (Lipinski definition) is 4. The summed E-state index contributed by atoms with van der Waals surface area (Å²) in [6, 6.07) is 2.14. The van der Waals surface area contributed by atoms with E-state index in [4.69, 9.17) is 4.98 Å². The van der Waals surface area contributed by atoms with E-state index in [0.29, 0.717) is 0 Å². The normalized spacial score (nSPS) is 24.0. The minimum absolute atomic E-state index is 0.775. The van der Waals surface area contributed by atoms with Gasteiger partial charge in [0.15, 0.2) is 0 Å². The Morgan fingerprint density at radius 3 is 2.50 bits per heavy atom. The summed E-state index contributed by atoms with van der Waals surface area (Å²) < 4.78 is 0. The van der Waals surface area contributed by atoms with Gasteiger partial charge in [-0.25, -0.2) is 4.98 Å². The first kappa shape index (κ1) is 13.7. The monoisotopic (exact) mass is 274 g/mol. The lowest BCUT2D eigenvalue weighted by Crippen LogP contribution is -2.36. The number of aromatic nitrogens is 2. The van der Waals surface area contributed by atoms with Crippen LogP contribution in [-0.2, 0) is 0 Å². The standard InChI is InChI=1S/C16H26N4/c1-13-7-6-10-20(12-13)15-11-14(2)17-16(18-15)19-8-4-3-5-9-19/h11,13H,3-10,12H2,1-2H3. The molecule has 2 aliphatic rings. The van der Waals surface area contributed by atoms with Crippen LogP contribution >= 0.6 is 0 Å². The first-order valence-corrected chi connectivity index (χ1v) is 8.08. The van der Waals surface area contributed by atoms with Crippen LogP contribution in [0, 0.1) is 12.8 Å². The number of nitrogens with zero attached hydrogens (tertiary/aromatic N) is 4. The molecule has 0 aliphatic carbocycles. The first-order chi connectivity index (χ1) is 9.72. The topological polar surface area (TPSA) is 32.3 Å². The summed E-state index contributed by atoms with van der Waals surface area (Å²) in [5, 5.41) is 0. The van der Waals surface area contributed by atoms with E-state index in [1.807, 2.05) is 0 Å². The second kappa shape index (κ2) is 5.98. The molecule has 0 aromatic carbocycles. The smallest absolute Gasteiger partial charge is 0.227 e. The van der Waals surface area contributed by atoms with Crippen molar-refractivity contribution < 1.29 is 0 Å². The minimum atomic E-state index is 0.775. The Hall–Kier alpha value is -1.32. The van der Waals surface area contributed by atoms with Crippen molar-refractivity contribution in [1.82, 2.24) is 9.97 Å². The summed E-state index contributed by atoms with van der Waals surface area (Å²) in [5.74, 6) is 2.85. The van der Waals surface area contributed by atoms with E-state index in [1.165, 1.54) is 32.1 Å². The van der Waals surface area contributed by atoms with Crippen LogP contribution < -0.4 is 9.80 Å². The minimum Gasteiger partial charge on any atom is -0.356 e. The van der Waals surface area contributed by atoms with E-state index in [9.17, 15) is 0 Å². The number of aryl methyl sites for hydroxylation is 1. The predicted octanol–water partition coefficient (Wildman–Crippen LogP) is 3.01. The molecule has 1 unspecified atom stereocenters. The van der Waals surface area contributed by atoms with Crippen molar-refractivity contribution in [3.8, 4) is 0 Å². The number of anilines is 2. The number of hydrogen-bond donors (Lipinski definition) is 0. The Bertz CT molecular complexity index is 454. The summed E-state index contributed by atoms with van der Waals surface area (Å²) in [6.07, 6.45) is 6.52. The fourth-order valence-corrected chi connectivity index (χ4v) is 3.33. The summed E-state index contributed by atoms with van der Waals surface area (Å²) in [5.41, 5.74) is 1.09. The van der Waals surface area contributed by atoms with Crippen LogP contribution in [0.25, 0.3) is 0 Å². The molecule has 2 saturated heterocycles. The fourth-order valence-electron chi connectivity index (χ4n) is 3.33. The van der Waals surface area contributed by atoms with Gasteiger partial charge in [0.2, 0.25) is 5.95 Å². The van der Waals surface area contributed by atoms with E-state index in [1.54, 1.807) is 0 Å². The van der Waals surface area contributed by atoms with E-state index in [2.05, 4.69) is 34.7 Å². The van der Waals surface area contributed by atoms with Crippen LogP contribution in [0.15, 0.2) is 6.07 Å². The van der Waals surface area contributed by atoms with Crippen molar-refractivity contribution >= 4 is 11.8 Å². The third-order valence-electron chi connectivity index (χ3n) is 4.45. The van der Waals surface area contributed by atoms with Gasteiger partial charge in [-0.1, -0.05) is 6.92 Å². The van der Waals surface area contributed by atoms with Crippen molar-refractivity contribution in [2.45, 2.75) is 46.0 Å². The molecular weight excluding hydrogens is 248 g/mol. The van der Waals surface area contributed by atoms with Gasteiger partial charge in [-0.2, -0.15) is 4.98 Å². The van der Waals surface area contributed by atoms with Crippen molar-refractivity contribution in [1.29, 1.82) is 0 Å².